The minimum atomic E-state index is -3.91. The van der Waals surface area contributed by atoms with E-state index in [9.17, 15) is 22.7 Å². The Morgan fingerprint density at radius 2 is 1.88 bits per heavy atom. The van der Waals surface area contributed by atoms with Crippen molar-refractivity contribution in [3.8, 4) is 5.75 Å². The van der Waals surface area contributed by atoms with Crippen molar-refractivity contribution < 1.29 is 27.4 Å². The highest BCUT2D eigenvalue weighted by Gasteiger charge is 2.33. The van der Waals surface area contributed by atoms with Crippen LogP contribution in [0.25, 0.3) is 0 Å². The maximum atomic E-state index is 13.1. The third-order valence-electron chi connectivity index (χ3n) is 3.57. The summed E-state index contributed by atoms with van der Waals surface area (Å²) in [6, 6.07) is 9.97. The molecule has 0 aromatic heterocycles. The number of rotatable bonds is 7. The van der Waals surface area contributed by atoms with Crippen LogP contribution in [0.3, 0.4) is 0 Å². The fraction of sp³-hybridized carbons (Fsp3) is 0.235. The number of hydrogen-bond acceptors (Lipinski definition) is 4. The third-order valence-corrected chi connectivity index (χ3v) is 4.75. The van der Waals surface area contributed by atoms with Crippen LogP contribution in [0, 0.1) is 5.82 Å². The van der Waals surface area contributed by atoms with E-state index in [-0.39, 0.29) is 12.1 Å². The molecule has 0 fully saturated rings. The van der Waals surface area contributed by atoms with Crippen molar-refractivity contribution in [2.75, 3.05) is 17.7 Å². The number of hydrogen-bond donors (Lipinski definition) is 1. The molecule has 2 rings (SSSR count). The van der Waals surface area contributed by atoms with Crippen LogP contribution in [0.15, 0.2) is 48.5 Å². The molecule has 0 amide bonds. The number of benzene rings is 2. The largest absolute Gasteiger partial charge is 0.497 e. The Morgan fingerprint density at radius 1 is 1.24 bits per heavy atom. The van der Waals surface area contributed by atoms with E-state index in [1.807, 2.05) is 0 Å². The normalized spacial score (nSPS) is 12.4. The summed E-state index contributed by atoms with van der Waals surface area (Å²) in [4.78, 5) is 11.8. The van der Waals surface area contributed by atoms with Crippen LogP contribution in [0.1, 0.15) is 5.56 Å². The van der Waals surface area contributed by atoms with Crippen LogP contribution in [0.4, 0.5) is 10.1 Å². The van der Waals surface area contributed by atoms with Crippen LogP contribution < -0.4 is 9.04 Å². The Morgan fingerprint density at radius 3 is 2.40 bits per heavy atom. The molecule has 0 radical (unpaired) electrons. The molecule has 2 aromatic carbocycles. The number of sulfonamides is 1. The zero-order valence-corrected chi connectivity index (χ0v) is 14.5. The zero-order valence-electron chi connectivity index (χ0n) is 13.7. The van der Waals surface area contributed by atoms with Crippen LogP contribution in [0.5, 0.6) is 5.75 Å². The van der Waals surface area contributed by atoms with Gasteiger partial charge in [-0.25, -0.2) is 17.6 Å². The Kier molecular flexibility index (Phi) is 5.63. The Hall–Kier alpha value is -2.61. The number of ether oxygens (including phenoxy) is 1. The van der Waals surface area contributed by atoms with Gasteiger partial charge < -0.3 is 9.84 Å². The lowest BCUT2D eigenvalue weighted by molar-refractivity contribution is -0.138. The Bertz CT molecular complexity index is 852. The summed E-state index contributed by atoms with van der Waals surface area (Å²) in [7, 11) is -2.43. The molecular formula is C17H18FNO5S. The Balaban J connectivity index is 2.46. The first-order valence-corrected chi connectivity index (χ1v) is 9.18. The molecule has 0 saturated heterocycles. The molecule has 1 atom stereocenters. The average molecular weight is 367 g/mol. The second-order valence-electron chi connectivity index (χ2n) is 5.44. The Labute approximate surface area is 145 Å². The summed E-state index contributed by atoms with van der Waals surface area (Å²) in [5, 5.41) is 9.60. The SMILES string of the molecule is COc1cccc(C[C@H](C(=O)O)N(c2ccc(F)cc2)S(C)(=O)=O)c1. The molecule has 8 heteroatoms. The summed E-state index contributed by atoms with van der Waals surface area (Å²) < 4.78 is 43.5. The number of methoxy groups -OCH3 is 1. The highest BCUT2D eigenvalue weighted by Crippen LogP contribution is 2.24. The number of carboxylic acid groups (broad SMARTS) is 1. The second-order valence-corrected chi connectivity index (χ2v) is 7.30. The highest BCUT2D eigenvalue weighted by molar-refractivity contribution is 7.92. The van der Waals surface area contributed by atoms with Gasteiger partial charge in [0.05, 0.1) is 19.1 Å². The van der Waals surface area contributed by atoms with Crippen molar-refractivity contribution in [1.82, 2.24) is 0 Å². The molecular weight excluding hydrogens is 349 g/mol. The fourth-order valence-electron chi connectivity index (χ4n) is 2.48. The number of nitrogens with zero attached hydrogens (tertiary/aromatic N) is 1. The molecule has 0 saturated carbocycles. The maximum Gasteiger partial charge on any atom is 0.327 e. The van der Waals surface area contributed by atoms with Gasteiger partial charge in [-0.3, -0.25) is 4.31 Å². The lowest BCUT2D eigenvalue weighted by Gasteiger charge is -2.29. The summed E-state index contributed by atoms with van der Waals surface area (Å²) in [5.74, 6) is -1.32. The van der Waals surface area contributed by atoms with Crippen molar-refractivity contribution in [1.29, 1.82) is 0 Å². The van der Waals surface area contributed by atoms with Crippen LogP contribution in [-0.4, -0.2) is 38.9 Å². The predicted octanol–water partition coefficient (Wildman–Crippen LogP) is 2.30. The van der Waals surface area contributed by atoms with E-state index in [0.29, 0.717) is 11.3 Å². The molecule has 0 aliphatic rings. The van der Waals surface area contributed by atoms with E-state index in [1.54, 1.807) is 24.3 Å². The first-order valence-electron chi connectivity index (χ1n) is 7.33. The molecule has 0 aliphatic carbocycles. The number of carboxylic acids is 1. The highest BCUT2D eigenvalue weighted by atomic mass is 32.2. The van der Waals surface area contributed by atoms with E-state index in [4.69, 9.17) is 4.74 Å². The molecule has 6 nitrogen and oxygen atoms in total. The molecule has 2 aromatic rings. The molecule has 0 aliphatic heterocycles. The van der Waals surface area contributed by atoms with Crippen LogP contribution in [0.2, 0.25) is 0 Å². The van der Waals surface area contributed by atoms with E-state index in [1.165, 1.54) is 19.2 Å². The number of anilines is 1. The minimum absolute atomic E-state index is 0.0724. The quantitative estimate of drug-likeness (QED) is 0.812. The van der Waals surface area contributed by atoms with Crippen molar-refractivity contribution in [2.45, 2.75) is 12.5 Å². The third kappa shape index (κ3) is 4.69. The summed E-state index contributed by atoms with van der Waals surface area (Å²) in [6.45, 7) is 0. The smallest absolute Gasteiger partial charge is 0.327 e. The lowest BCUT2D eigenvalue weighted by Crippen LogP contribution is -2.46. The van der Waals surface area contributed by atoms with Crippen molar-refractivity contribution in [2.24, 2.45) is 0 Å². The van der Waals surface area contributed by atoms with E-state index in [2.05, 4.69) is 0 Å². The molecule has 0 spiro atoms. The number of aliphatic carboxylic acids is 1. The van der Waals surface area contributed by atoms with Gasteiger partial charge in [0, 0.05) is 6.42 Å². The van der Waals surface area contributed by atoms with Gasteiger partial charge in [0.25, 0.3) is 0 Å². The first kappa shape index (κ1) is 18.7. The van der Waals surface area contributed by atoms with Crippen LogP contribution >= 0.6 is 0 Å². The number of halogens is 1. The van der Waals surface area contributed by atoms with Crippen LogP contribution in [-0.2, 0) is 21.2 Å². The van der Waals surface area contributed by atoms with Gasteiger partial charge in [0.2, 0.25) is 10.0 Å². The monoisotopic (exact) mass is 367 g/mol. The first-order chi connectivity index (χ1) is 11.7. The van der Waals surface area contributed by atoms with Gasteiger partial charge in [-0.15, -0.1) is 0 Å². The fourth-order valence-corrected chi connectivity index (χ4v) is 3.62. The molecule has 0 unspecified atom stereocenters. The van der Waals surface area contributed by atoms with Crippen molar-refractivity contribution in [3.63, 3.8) is 0 Å². The molecule has 25 heavy (non-hydrogen) atoms. The zero-order chi connectivity index (χ0) is 18.6. The molecule has 1 N–H and O–H groups in total. The predicted molar refractivity (Wildman–Crippen MR) is 91.8 cm³/mol. The molecule has 0 heterocycles. The van der Waals surface area contributed by atoms with Gasteiger partial charge in [-0.05, 0) is 42.0 Å². The van der Waals surface area contributed by atoms with E-state index >= 15 is 0 Å². The minimum Gasteiger partial charge on any atom is -0.497 e. The standard InChI is InChI=1S/C17H18FNO5S/c1-24-15-5-3-4-12(10-15)11-16(17(20)21)19(25(2,22)23)14-8-6-13(18)7-9-14/h3-10,16H,11H2,1-2H3,(H,20,21)/t16-/m1/s1. The topological polar surface area (TPSA) is 83.9 Å². The summed E-state index contributed by atoms with van der Waals surface area (Å²) in [5.41, 5.74) is 0.682. The van der Waals surface area contributed by atoms with Crippen molar-refractivity contribution >= 4 is 21.7 Å². The number of carbonyl (C=O) groups is 1. The summed E-state index contributed by atoms with van der Waals surface area (Å²) >= 11 is 0. The van der Waals surface area contributed by atoms with Gasteiger partial charge in [0.15, 0.2) is 0 Å². The van der Waals surface area contributed by atoms with Gasteiger partial charge in [0.1, 0.15) is 17.6 Å². The summed E-state index contributed by atoms with van der Waals surface area (Å²) in [6.07, 6.45) is 0.842. The van der Waals surface area contributed by atoms with E-state index in [0.717, 1.165) is 22.7 Å². The van der Waals surface area contributed by atoms with Gasteiger partial charge in [-0.1, -0.05) is 12.1 Å². The maximum absolute atomic E-state index is 13.1. The molecule has 134 valence electrons. The van der Waals surface area contributed by atoms with Gasteiger partial charge in [-0.2, -0.15) is 0 Å². The lowest BCUT2D eigenvalue weighted by atomic mass is 10.1. The average Bonchev–Trinajstić information content (AvgIpc) is 2.55. The van der Waals surface area contributed by atoms with Crippen molar-refractivity contribution in [3.05, 3.63) is 59.9 Å². The van der Waals surface area contributed by atoms with E-state index < -0.39 is 27.9 Å². The van der Waals surface area contributed by atoms with Gasteiger partial charge >= 0.3 is 5.97 Å². The second kappa shape index (κ2) is 7.52. The molecule has 0 bridgehead atoms.